The maximum atomic E-state index is 10.3. The number of nitrogen functional groups attached to an aromatic ring is 1. The third-order valence-electron chi connectivity index (χ3n) is 3.68. The van der Waals surface area contributed by atoms with Crippen molar-refractivity contribution >= 4 is 43.2 Å². The van der Waals surface area contributed by atoms with E-state index in [1.807, 2.05) is 29.6 Å². The molecule has 1 unspecified atom stereocenters. The van der Waals surface area contributed by atoms with Gasteiger partial charge in [-0.05, 0) is 29.6 Å². The van der Waals surface area contributed by atoms with Crippen LogP contribution >= 0.6 is 27.3 Å². The zero-order valence-electron chi connectivity index (χ0n) is 13.3. The molecular weight excluding hydrogens is 406 g/mol. The number of pyridine rings is 1. The van der Waals surface area contributed by atoms with Gasteiger partial charge in [0.1, 0.15) is 24.4 Å². The van der Waals surface area contributed by atoms with Crippen LogP contribution in [0.4, 0.5) is 5.82 Å². The van der Waals surface area contributed by atoms with Gasteiger partial charge in [0.25, 0.3) is 0 Å². The van der Waals surface area contributed by atoms with E-state index in [2.05, 4.69) is 26.2 Å². The highest BCUT2D eigenvalue weighted by Crippen LogP contribution is 2.35. The van der Waals surface area contributed by atoms with Crippen LogP contribution in [-0.4, -0.2) is 28.3 Å². The molecule has 8 heteroatoms. The molecule has 0 aliphatic carbocycles. The van der Waals surface area contributed by atoms with Crippen LogP contribution in [0.1, 0.15) is 17.4 Å². The normalized spacial score (nSPS) is 12.4. The van der Waals surface area contributed by atoms with Crippen LogP contribution in [0.3, 0.4) is 0 Å². The van der Waals surface area contributed by atoms with Gasteiger partial charge in [0, 0.05) is 38.4 Å². The molecular formula is C17H18BrN3O3S. The fourth-order valence-corrected chi connectivity index (χ4v) is 3.82. The van der Waals surface area contributed by atoms with Crippen molar-refractivity contribution in [3.8, 4) is 5.75 Å². The zero-order valence-corrected chi connectivity index (χ0v) is 15.7. The number of nitrogens with one attached hydrogen (secondary N) is 1. The Bertz CT molecular complexity index is 854. The Morgan fingerprint density at radius 3 is 2.80 bits per heavy atom. The van der Waals surface area contributed by atoms with E-state index < -0.39 is 6.23 Å². The average Bonchev–Trinajstić information content (AvgIpc) is 3.04. The van der Waals surface area contributed by atoms with Crippen molar-refractivity contribution in [3.05, 3.63) is 51.4 Å². The number of halogens is 1. The second-order valence-electron chi connectivity index (χ2n) is 5.39. The largest absolute Gasteiger partial charge is 0.489 e. The molecule has 0 radical (unpaired) electrons. The van der Waals surface area contributed by atoms with Crippen LogP contribution in [0.2, 0.25) is 0 Å². The molecule has 132 valence electrons. The van der Waals surface area contributed by atoms with Gasteiger partial charge in [-0.25, -0.2) is 4.98 Å². The summed E-state index contributed by atoms with van der Waals surface area (Å²) in [6.07, 6.45) is 0.643. The second-order valence-corrected chi connectivity index (χ2v) is 7.18. The number of nitrogens with zero attached hydrogens (tertiary/aromatic N) is 1. The molecule has 0 fully saturated rings. The molecule has 1 aromatic carbocycles. The van der Waals surface area contributed by atoms with Crippen LogP contribution in [0, 0.1) is 0 Å². The molecule has 3 aromatic rings. The Balaban J connectivity index is 1.85. The zero-order chi connectivity index (χ0) is 17.8. The molecule has 0 bridgehead atoms. The number of ether oxygens (including phenoxy) is 1. The minimum Gasteiger partial charge on any atom is -0.489 e. The smallest absolute Gasteiger partial charge is 0.134 e. The summed E-state index contributed by atoms with van der Waals surface area (Å²) in [6.45, 7) is 0.592. The van der Waals surface area contributed by atoms with Crippen LogP contribution in [0.5, 0.6) is 5.75 Å². The van der Waals surface area contributed by atoms with Gasteiger partial charge in [-0.3, -0.25) is 5.32 Å². The number of thiophene rings is 1. The Hall–Kier alpha value is -1.71. The molecule has 6 nitrogen and oxygen atoms in total. The lowest BCUT2D eigenvalue weighted by atomic mass is 10.1. The predicted molar refractivity (Wildman–Crippen MR) is 103 cm³/mol. The molecule has 2 aromatic heterocycles. The number of hydrogen-bond acceptors (Lipinski definition) is 7. The number of fused-ring (bicyclic) bond motifs is 1. The first-order chi connectivity index (χ1) is 12.1. The topological polar surface area (TPSA) is 101 Å². The maximum absolute atomic E-state index is 10.3. The quantitative estimate of drug-likeness (QED) is 0.436. The lowest BCUT2D eigenvalue weighted by Gasteiger charge is -2.14. The summed E-state index contributed by atoms with van der Waals surface area (Å²) in [5.74, 6) is 1.17. The van der Waals surface area contributed by atoms with E-state index in [1.165, 1.54) is 11.3 Å². The Morgan fingerprint density at radius 1 is 1.32 bits per heavy atom. The van der Waals surface area contributed by atoms with E-state index in [4.69, 9.17) is 15.6 Å². The summed E-state index contributed by atoms with van der Waals surface area (Å²) in [7, 11) is 0. The number of hydrogen-bond donors (Lipinski definition) is 4. The van der Waals surface area contributed by atoms with E-state index in [1.54, 1.807) is 6.20 Å². The van der Waals surface area contributed by atoms with Crippen molar-refractivity contribution in [1.82, 2.24) is 10.3 Å². The van der Waals surface area contributed by atoms with E-state index >= 15 is 0 Å². The number of aliphatic hydroxyl groups excluding tert-OH is 2. The fourth-order valence-electron chi connectivity index (χ4n) is 2.45. The molecule has 0 saturated carbocycles. The monoisotopic (exact) mass is 423 g/mol. The van der Waals surface area contributed by atoms with Gasteiger partial charge in [-0.1, -0.05) is 15.9 Å². The van der Waals surface area contributed by atoms with E-state index in [0.717, 1.165) is 25.9 Å². The van der Waals surface area contributed by atoms with E-state index in [9.17, 15) is 5.11 Å². The summed E-state index contributed by atoms with van der Waals surface area (Å²) in [6, 6.07) is 7.60. The van der Waals surface area contributed by atoms with Crippen LogP contribution in [0.25, 0.3) is 10.1 Å². The lowest BCUT2D eigenvalue weighted by Crippen LogP contribution is -2.24. The van der Waals surface area contributed by atoms with Crippen molar-refractivity contribution < 1.29 is 14.9 Å². The fraction of sp³-hybridized carbons (Fsp3) is 0.235. The Morgan fingerprint density at radius 2 is 2.08 bits per heavy atom. The Labute approximate surface area is 157 Å². The van der Waals surface area contributed by atoms with Crippen LogP contribution < -0.4 is 15.8 Å². The molecule has 0 amide bonds. The predicted octanol–water partition coefficient (Wildman–Crippen LogP) is 2.79. The van der Waals surface area contributed by atoms with Gasteiger partial charge in [0.15, 0.2) is 0 Å². The van der Waals surface area contributed by atoms with E-state index in [-0.39, 0.29) is 13.2 Å². The molecule has 3 rings (SSSR count). The van der Waals surface area contributed by atoms with Crippen molar-refractivity contribution in [2.75, 3.05) is 18.9 Å². The van der Waals surface area contributed by atoms with Gasteiger partial charge in [0.2, 0.25) is 0 Å². The number of anilines is 1. The number of rotatable bonds is 7. The molecule has 0 aliphatic rings. The molecule has 2 heterocycles. The van der Waals surface area contributed by atoms with Crippen molar-refractivity contribution in [2.24, 2.45) is 0 Å². The molecule has 0 aliphatic heterocycles. The highest BCUT2D eigenvalue weighted by atomic mass is 79.9. The lowest BCUT2D eigenvalue weighted by molar-refractivity contribution is 0.130. The number of benzene rings is 1. The number of aromatic nitrogens is 1. The van der Waals surface area contributed by atoms with Gasteiger partial charge < -0.3 is 20.7 Å². The third-order valence-corrected chi connectivity index (χ3v) is 5.29. The molecule has 1 atom stereocenters. The SMILES string of the molecule is Nc1ncc(C(O)NCCO)c2scc(COc3ccc(Br)cc3)c12. The molecule has 0 saturated heterocycles. The standard InChI is InChI=1S/C17H18BrN3O3S/c18-11-1-3-12(4-2-11)24-8-10-9-25-15-13(17(23)20-5-6-22)7-21-16(19)14(10)15/h1-4,7,9,17,20,22-23H,5-6,8H2,(H2,19,21). The minimum atomic E-state index is -0.915. The van der Waals surface area contributed by atoms with Gasteiger partial charge in [0.05, 0.1) is 6.61 Å². The summed E-state index contributed by atoms with van der Waals surface area (Å²) < 4.78 is 7.68. The second kappa shape index (κ2) is 8.11. The van der Waals surface area contributed by atoms with Crippen molar-refractivity contribution in [3.63, 3.8) is 0 Å². The van der Waals surface area contributed by atoms with Crippen molar-refractivity contribution in [2.45, 2.75) is 12.8 Å². The molecule has 5 N–H and O–H groups in total. The summed E-state index contributed by atoms with van der Waals surface area (Å²) in [5, 5.41) is 24.7. The first kappa shape index (κ1) is 18.1. The summed E-state index contributed by atoms with van der Waals surface area (Å²) in [5.41, 5.74) is 7.61. The highest BCUT2D eigenvalue weighted by Gasteiger charge is 2.17. The first-order valence-electron chi connectivity index (χ1n) is 7.65. The third kappa shape index (κ3) is 4.10. The number of aliphatic hydroxyl groups is 2. The average molecular weight is 424 g/mol. The van der Waals surface area contributed by atoms with Gasteiger partial charge in [-0.15, -0.1) is 11.3 Å². The van der Waals surface area contributed by atoms with Crippen molar-refractivity contribution in [1.29, 1.82) is 0 Å². The maximum Gasteiger partial charge on any atom is 0.134 e. The molecule has 25 heavy (non-hydrogen) atoms. The first-order valence-corrected chi connectivity index (χ1v) is 9.32. The van der Waals surface area contributed by atoms with Gasteiger partial charge >= 0.3 is 0 Å². The van der Waals surface area contributed by atoms with Gasteiger partial charge in [-0.2, -0.15) is 0 Å². The van der Waals surface area contributed by atoms with Crippen LogP contribution in [0.15, 0.2) is 40.3 Å². The van der Waals surface area contributed by atoms with E-state index in [0.29, 0.717) is 18.0 Å². The highest BCUT2D eigenvalue weighted by molar-refractivity contribution is 9.10. The number of nitrogens with two attached hydrogens (primary N) is 1. The minimum absolute atomic E-state index is 0.0562. The summed E-state index contributed by atoms with van der Waals surface area (Å²) in [4.78, 5) is 4.20. The molecule has 0 spiro atoms. The summed E-state index contributed by atoms with van der Waals surface area (Å²) >= 11 is 4.88. The van der Waals surface area contributed by atoms with Crippen LogP contribution in [-0.2, 0) is 6.61 Å². The Kier molecular flexibility index (Phi) is 5.87.